The molecule has 1 aliphatic heterocycles. The van der Waals surface area contributed by atoms with Crippen molar-refractivity contribution >= 4 is 39.6 Å². The number of hydrogen-bond acceptors (Lipinski definition) is 1. The first kappa shape index (κ1) is 12.8. The zero-order valence-electron chi connectivity index (χ0n) is 12.3. The second-order valence-electron chi connectivity index (χ2n) is 5.71. The molecule has 1 aliphatic rings. The summed E-state index contributed by atoms with van der Waals surface area (Å²) < 4.78 is 2.25. The van der Waals surface area contributed by atoms with Crippen LogP contribution < -0.4 is 4.90 Å². The molecule has 5 rings (SSSR count). The van der Waals surface area contributed by atoms with Gasteiger partial charge < -0.3 is 9.47 Å². The van der Waals surface area contributed by atoms with E-state index in [9.17, 15) is 0 Å². The topological polar surface area (TPSA) is 8.17 Å². The lowest BCUT2D eigenvalue weighted by Gasteiger charge is -2.32. The van der Waals surface area contributed by atoms with Gasteiger partial charge >= 0.3 is 0 Å². The maximum Gasteiger partial charge on any atom is 0.0772 e. The van der Waals surface area contributed by atoms with Crippen LogP contribution in [0, 0.1) is 0 Å². The van der Waals surface area contributed by atoms with E-state index in [1.807, 2.05) is 18.2 Å². The SMILES string of the molecule is Clc1cc2c3c(ccn3-c3ccccc3N2c2ccccc2)c1. The summed E-state index contributed by atoms with van der Waals surface area (Å²) in [6.07, 6.45) is 2.12. The number of benzene rings is 3. The first-order chi connectivity index (χ1) is 11.3. The van der Waals surface area contributed by atoms with E-state index in [4.69, 9.17) is 11.6 Å². The summed E-state index contributed by atoms with van der Waals surface area (Å²) in [5.41, 5.74) is 5.78. The molecular formula is C20H13ClN2. The summed E-state index contributed by atoms with van der Waals surface area (Å²) in [6, 6.07) is 25.1. The third-order valence-electron chi connectivity index (χ3n) is 4.37. The molecule has 0 amide bonds. The number of para-hydroxylation sites is 3. The molecule has 0 bridgehead atoms. The summed E-state index contributed by atoms with van der Waals surface area (Å²) in [5.74, 6) is 0. The Bertz CT molecular complexity index is 1030. The van der Waals surface area contributed by atoms with E-state index >= 15 is 0 Å². The van der Waals surface area contributed by atoms with E-state index in [1.54, 1.807) is 0 Å². The van der Waals surface area contributed by atoms with E-state index in [1.165, 1.54) is 11.2 Å². The van der Waals surface area contributed by atoms with Crippen molar-refractivity contribution in [2.75, 3.05) is 4.90 Å². The fourth-order valence-corrected chi connectivity index (χ4v) is 3.66. The van der Waals surface area contributed by atoms with Crippen LogP contribution in [0.1, 0.15) is 0 Å². The van der Waals surface area contributed by atoms with Crippen molar-refractivity contribution < 1.29 is 0 Å². The molecule has 0 aliphatic carbocycles. The molecule has 3 aromatic carbocycles. The summed E-state index contributed by atoms with van der Waals surface area (Å²) in [6.45, 7) is 0. The lowest BCUT2D eigenvalue weighted by atomic mass is 10.1. The van der Waals surface area contributed by atoms with Gasteiger partial charge in [-0.3, -0.25) is 0 Å². The minimum absolute atomic E-state index is 0.755. The lowest BCUT2D eigenvalue weighted by Crippen LogP contribution is -2.17. The van der Waals surface area contributed by atoms with Crippen LogP contribution in [0.15, 0.2) is 79.0 Å². The van der Waals surface area contributed by atoms with Gasteiger partial charge in [0.15, 0.2) is 0 Å². The average molecular weight is 317 g/mol. The molecule has 110 valence electrons. The lowest BCUT2D eigenvalue weighted by molar-refractivity contribution is 1.08. The van der Waals surface area contributed by atoms with E-state index in [2.05, 4.69) is 70.3 Å². The molecule has 4 aromatic rings. The maximum atomic E-state index is 6.38. The standard InChI is InChI=1S/C20H13ClN2/c21-15-12-14-10-11-22-17-8-4-5-9-18(17)23(19(13-15)20(14)22)16-6-2-1-3-7-16/h1-13H. The minimum Gasteiger partial charge on any atom is -0.313 e. The van der Waals surface area contributed by atoms with Crippen molar-refractivity contribution in [3.63, 3.8) is 0 Å². The molecule has 0 spiro atoms. The molecule has 23 heavy (non-hydrogen) atoms. The highest BCUT2D eigenvalue weighted by atomic mass is 35.5. The Kier molecular flexibility index (Phi) is 2.58. The Balaban J connectivity index is 1.94. The first-order valence-corrected chi connectivity index (χ1v) is 7.96. The Hall–Kier alpha value is -2.71. The molecule has 0 N–H and O–H groups in total. The summed E-state index contributed by atoms with van der Waals surface area (Å²) >= 11 is 6.38. The third kappa shape index (κ3) is 1.76. The predicted molar refractivity (Wildman–Crippen MR) is 96.5 cm³/mol. The van der Waals surface area contributed by atoms with Gasteiger partial charge in [-0.25, -0.2) is 0 Å². The quantitative estimate of drug-likeness (QED) is 0.364. The van der Waals surface area contributed by atoms with Gasteiger partial charge in [0.2, 0.25) is 0 Å². The van der Waals surface area contributed by atoms with Crippen LogP contribution in [0.5, 0.6) is 0 Å². The minimum atomic E-state index is 0.755. The number of halogens is 1. The highest BCUT2D eigenvalue weighted by molar-refractivity contribution is 6.32. The van der Waals surface area contributed by atoms with E-state index in [-0.39, 0.29) is 0 Å². The number of nitrogens with zero attached hydrogens (tertiary/aromatic N) is 2. The molecule has 0 fully saturated rings. The second kappa shape index (κ2) is 4.64. The van der Waals surface area contributed by atoms with Gasteiger partial charge in [-0.2, -0.15) is 0 Å². The zero-order valence-corrected chi connectivity index (χ0v) is 13.0. The fraction of sp³-hybridized carbons (Fsp3) is 0. The van der Waals surface area contributed by atoms with Gasteiger partial charge in [0.1, 0.15) is 0 Å². The largest absolute Gasteiger partial charge is 0.313 e. The highest BCUT2D eigenvalue weighted by Gasteiger charge is 2.25. The van der Waals surface area contributed by atoms with Crippen molar-refractivity contribution in [3.05, 3.63) is 84.0 Å². The van der Waals surface area contributed by atoms with Crippen LogP contribution in [-0.4, -0.2) is 4.57 Å². The molecule has 0 atom stereocenters. The summed E-state index contributed by atoms with van der Waals surface area (Å²) in [5, 5.41) is 1.91. The van der Waals surface area contributed by atoms with Gasteiger partial charge in [-0.05, 0) is 42.5 Å². The van der Waals surface area contributed by atoms with Crippen molar-refractivity contribution in [3.8, 4) is 5.69 Å². The van der Waals surface area contributed by atoms with Crippen molar-refractivity contribution in [1.29, 1.82) is 0 Å². The second-order valence-corrected chi connectivity index (χ2v) is 6.14. The van der Waals surface area contributed by atoms with Gasteiger partial charge in [0.05, 0.1) is 22.6 Å². The molecule has 2 nitrogen and oxygen atoms in total. The first-order valence-electron chi connectivity index (χ1n) is 7.58. The molecule has 0 saturated carbocycles. The van der Waals surface area contributed by atoms with Gasteiger partial charge in [-0.15, -0.1) is 0 Å². The number of anilines is 3. The number of hydrogen-bond donors (Lipinski definition) is 0. The number of rotatable bonds is 1. The highest BCUT2D eigenvalue weighted by Crippen LogP contribution is 2.47. The van der Waals surface area contributed by atoms with Gasteiger partial charge in [-0.1, -0.05) is 41.9 Å². The smallest absolute Gasteiger partial charge is 0.0772 e. The molecule has 0 unspecified atom stereocenters. The molecule has 0 saturated heterocycles. The van der Waals surface area contributed by atoms with Crippen LogP contribution >= 0.6 is 11.6 Å². The number of fused-ring (bicyclic) bond motifs is 2. The van der Waals surface area contributed by atoms with Crippen LogP contribution in [-0.2, 0) is 0 Å². The average Bonchev–Trinajstić information content (AvgIpc) is 3.00. The molecule has 3 heteroatoms. The normalized spacial score (nSPS) is 12.5. The Labute approximate surface area is 139 Å². The van der Waals surface area contributed by atoms with Crippen molar-refractivity contribution in [2.45, 2.75) is 0 Å². The third-order valence-corrected chi connectivity index (χ3v) is 4.58. The molecular weight excluding hydrogens is 304 g/mol. The van der Waals surface area contributed by atoms with Crippen LogP contribution in [0.25, 0.3) is 16.6 Å². The van der Waals surface area contributed by atoms with E-state index < -0.39 is 0 Å². The summed E-state index contributed by atoms with van der Waals surface area (Å²) in [7, 11) is 0. The molecule has 0 radical (unpaired) electrons. The van der Waals surface area contributed by atoms with Gasteiger partial charge in [0.25, 0.3) is 0 Å². The number of aromatic nitrogens is 1. The Morgan fingerprint density at radius 3 is 2.26 bits per heavy atom. The fourth-order valence-electron chi connectivity index (χ4n) is 3.44. The van der Waals surface area contributed by atoms with Crippen molar-refractivity contribution in [1.82, 2.24) is 4.57 Å². The van der Waals surface area contributed by atoms with Crippen LogP contribution in [0.2, 0.25) is 5.02 Å². The monoisotopic (exact) mass is 316 g/mol. The van der Waals surface area contributed by atoms with Crippen LogP contribution in [0.4, 0.5) is 17.1 Å². The maximum absolute atomic E-state index is 6.38. The van der Waals surface area contributed by atoms with Crippen molar-refractivity contribution in [2.24, 2.45) is 0 Å². The Morgan fingerprint density at radius 1 is 0.696 bits per heavy atom. The summed E-state index contributed by atoms with van der Waals surface area (Å²) in [4.78, 5) is 2.28. The predicted octanol–water partition coefficient (Wildman–Crippen LogP) is 6.07. The molecule has 1 aromatic heterocycles. The zero-order chi connectivity index (χ0) is 15.4. The van der Waals surface area contributed by atoms with E-state index in [0.717, 1.165) is 27.5 Å². The Morgan fingerprint density at radius 2 is 1.43 bits per heavy atom. The van der Waals surface area contributed by atoms with E-state index in [0.29, 0.717) is 0 Å². The van der Waals surface area contributed by atoms with Gasteiger partial charge in [0, 0.05) is 22.3 Å². The van der Waals surface area contributed by atoms with Crippen LogP contribution in [0.3, 0.4) is 0 Å². The molecule has 2 heterocycles.